The van der Waals surface area contributed by atoms with E-state index in [0.29, 0.717) is 57.2 Å². The summed E-state index contributed by atoms with van der Waals surface area (Å²) in [6.07, 6.45) is 0.621. The van der Waals surface area contributed by atoms with Gasteiger partial charge in [-0.15, -0.1) is 0 Å². The highest BCUT2D eigenvalue weighted by Gasteiger charge is 2.52. The monoisotopic (exact) mass is 583 g/mol. The Morgan fingerprint density at radius 3 is 2.33 bits per heavy atom. The smallest absolute Gasteiger partial charge is 0.332 e. The van der Waals surface area contributed by atoms with Gasteiger partial charge in [0.25, 0.3) is 0 Å². The van der Waals surface area contributed by atoms with Crippen molar-refractivity contribution in [3.8, 4) is 11.5 Å². The van der Waals surface area contributed by atoms with Gasteiger partial charge in [0.1, 0.15) is 25.4 Å². The lowest BCUT2D eigenvalue weighted by molar-refractivity contribution is -0.157. The number of ether oxygens (including phenoxy) is 2. The zero-order valence-electron chi connectivity index (χ0n) is 24.4. The molecule has 3 aliphatic rings. The summed E-state index contributed by atoms with van der Waals surface area (Å²) < 4.78 is 11.5. The van der Waals surface area contributed by atoms with Crippen LogP contribution in [0.2, 0.25) is 0 Å². The van der Waals surface area contributed by atoms with E-state index in [2.05, 4.69) is 5.32 Å². The normalized spacial score (nSPS) is 19.7. The number of piperazine rings is 1. The van der Waals surface area contributed by atoms with E-state index in [1.54, 1.807) is 14.8 Å². The molecule has 224 valence electrons. The second-order valence-corrected chi connectivity index (χ2v) is 11.0. The molecule has 2 fully saturated rings. The second kappa shape index (κ2) is 12.7. The number of benzene rings is 3. The molecule has 0 saturated carbocycles. The van der Waals surface area contributed by atoms with E-state index in [1.165, 1.54) is 0 Å². The highest BCUT2D eigenvalue weighted by molar-refractivity contribution is 5.91. The van der Waals surface area contributed by atoms with E-state index in [1.807, 2.05) is 90.8 Å². The molecule has 0 aliphatic carbocycles. The number of carbonyl (C=O) groups is 3. The van der Waals surface area contributed by atoms with E-state index in [-0.39, 0.29) is 30.9 Å². The number of nitrogens with one attached hydrogen (secondary N) is 1. The van der Waals surface area contributed by atoms with Gasteiger partial charge >= 0.3 is 6.03 Å². The topological polar surface area (TPSA) is 94.7 Å². The van der Waals surface area contributed by atoms with Crippen LogP contribution in [0.15, 0.2) is 78.9 Å². The van der Waals surface area contributed by atoms with Crippen LogP contribution in [0.5, 0.6) is 11.5 Å². The fourth-order valence-corrected chi connectivity index (χ4v) is 6.06. The number of fused-ring (bicyclic) bond motifs is 2. The van der Waals surface area contributed by atoms with Crippen molar-refractivity contribution < 1.29 is 23.9 Å². The van der Waals surface area contributed by atoms with Gasteiger partial charge in [0, 0.05) is 26.1 Å². The lowest BCUT2D eigenvalue weighted by Gasteiger charge is -2.46. The molecule has 2 atom stereocenters. The molecule has 2 saturated heterocycles. The van der Waals surface area contributed by atoms with Crippen LogP contribution < -0.4 is 14.8 Å². The molecule has 0 radical (unpaired) electrons. The minimum absolute atomic E-state index is 0.0276. The minimum Gasteiger partial charge on any atom is -0.486 e. The van der Waals surface area contributed by atoms with Gasteiger partial charge < -0.3 is 24.6 Å². The van der Waals surface area contributed by atoms with E-state index < -0.39 is 12.2 Å². The summed E-state index contributed by atoms with van der Waals surface area (Å²) in [4.78, 5) is 44.8. The van der Waals surface area contributed by atoms with Crippen molar-refractivity contribution in [1.29, 1.82) is 0 Å². The van der Waals surface area contributed by atoms with E-state index in [9.17, 15) is 14.4 Å². The van der Waals surface area contributed by atoms with Crippen molar-refractivity contribution in [2.45, 2.75) is 45.1 Å². The predicted octanol–water partition coefficient (Wildman–Crippen LogP) is 3.42. The maximum absolute atomic E-state index is 14.1. The predicted molar refractivity (Wildman–Crippen MR) is 160 cm³/mol. The largest absolute Gasteiger partial charge is 0.486 e. The number of hydrogen-bond acceptors (Lipinski definition) is 6. The summed E-state index contributed by atoms with van der Waals surface area (Å²) in [5.41, 5.74) is 2.87. The van der Waals surface area contributed by atoms with Crippen LogP contribution >= 0.6 is 0 Å². The number of amides is 4. The number of nitrogens with zero attached hydrogens (tertiary/aromatic N) is 4. The molecule has 0 unspecified atom stereocenters. The van der Waals surface area contributed by atoms with Gasteiger partial charge in [-0.3, -0.25) is 14.6 Å². The average molecular weight is 584 g/mol. The fraction of sp³-hybridized carbons (Fsp3) is 0.364. The van der Waals surface area contributed by atoms with Gasteiger partial charge in [-0.05, 0) is 35.2 Å². The summed E-state index contributed by atoms with van der Waals surface area (Å²) in [6, 6.07) is 24.3. The highest BCUT2D eigenvalue weighted by Crippen LogP contribution is 2.33. The Labute approximate surface area is 251 Å². The Balaban J connectivity index is 1.28. The third kappa shape index (κ3) is 6.15. The molecular formula is C33H37N5O5. The van der Waals surface area contributed by atoms with Crippen molar-refractivity contribution in [1.82, 2.24) is 25.1 Å². The van der Waals surface area contributed by atoms with Crippen LogP contribution in [0.4, 0.5) is 4.79 Å². The van der Waals surface area contributed by atoms with Crippen molar-refractivity contribution in [2.75, 3.05) is 32.8 Å². The third-order valence-corrected chi connectivity index (χ3v) is 8.08. The van der Waals surface area contributed by atoms with Gasteiger partial charge in [-0.25, -0.2) is 4.79 Å². The molecular weight excluding hydrogens is 546 g/mol. The van der Waals surface area contributed by atoms with Crippen LogP contribution in [0, 0.1) is 0 Å². The first-order valence-electron chi connectivity index (χ1n) is 14.9. The van der Waals surface area contributed by atoms with E-state index in [4.69, 9.17) is 9.47 Å². The molecule has 3 aromatic carbocycles. The van der Waals surface area contributed by atoms with Crippen LogP contribution in [-0.4, -0.2) is 82.7 Å². The Hall–Kier alpha value is -4.57. The van der Waals surface area contributed by atoms with E-state index >= 15 is 0 Å². The molecule has 0 aromatic heterocycles. The molecule has 10 nitrogen and oxygen atoms in total. The van der Waals surface area contributed by atoms with Crippen LogP contribution in [-0.2, 0) is 29.1 Å². The van der Waals surface area contributed by atoms with Gasteiger partial charge in [0.05, 0.1) is 13.1 Å². The first-order chi connectivity index (χ1) is 21.0. The maximum Gasteiger partial charge on any atom is 0.332 e. The summed E-state index contributed by atoms with van der Waals surface area (Å²) in [6.45, 7) is 4.46. The van der Waals surface area contributed by atoms with E-state index in [0.717, 1.165) is 16.7 Å². The van der Waals surface area contributed by atoms with Gasteiger partial charge in [0.15, 0.2) is 11.5 Å². The molecule has 3 heterocycles. The number of carbonyl (C=O) groups excluding carboxylic acids is 3. The number of hydrogen-bond donors (Lipinski definition) is 1. The maximum atomic E-state index is 14.1. The second-order valence-electron chi connectivity index (χ2n) is 11.0. The summed E-state index contributed by atoms with van der Waals surface area (Å²) in [5.74, 6) is 1.09. The highest BCUT2D eigenvalue weighted by atomic mass is 16.6. The molecule has 0 bridgehead atoms. The molecule has 10 heteroatoms. The third-order valence-electron chi connectivity index (χ3n) is 8.08. The van der Waals surface area contributed by atoms with Crippen molar-refractivity contribution >= 4 is 17.8 Å². The zero-order chi connectivity index (χ0) is 29.8. The summed E-state index contributed by atoms with van der Waals surface area (Å²) in [5, 5.41) is 6.50. The van der Waals surface area contributed by atoms with Crippen LogP contribution in [0.25, 0.3) is 0 Å². The van der Waals surface area contributed by atoms with Crippen LogP contribution in [0.1, 0.15) is 30.0 Å². The molecule has 1 N–H and O–H groups in total. The van der Waals surface area contributed by atoms with Gasteiger partial charge in [0.2, 0.25) is 11.8 Å². The minimum atomic E-state index is -0.688. The first kappa shape index (κ1) is 28.5. The van der Waals surface area contributed by atoms with Crippen molar-refractivity contribution in [3.05, 3.63) is 95.6 Å². The zero-order valence-corrected chi connectivity index (χ0v) is 24.4. The Kier molecular flexibility index (Phi) is 8.46. The number of urea groups is 1. The number of hydrazine groups is 1. The fourth-order valence-electron chi connectivity index (χ4n) is 6.06. The Bertz CT molecular complexity index is 1450. The Morgan fingerprint density at radius 1 is 0.907 bits per heavy atom. The quantitative estimate of drug-likeness (QED) is 0.415. The average Bonchev–Trinajstić information content (AvgIpc) is 3.36. The van der Waals surface area contributed by atoms with Crippen molar-refractivity contribution in [3.63, 3.8) is 0 Å². The standard InChI is InChI=1S/C33H37N5O5/c1-2-15-36(33(41)34-20-25-11-7-4-8-12-25)37-23-31(39)38-27(18-24-9-5-3-6-10-24)32(40)35(22-30(37)38)21-26-13-14-28-29(19-26)43-17-16-42-28/h3-14,19,27,30H,2,15-18,20-23H2,1H3,(H,34,41)/t27-,30+/m0/s1. The first-order valence-corrected chi connectivity index (χ1v) is 14.9. The van der Waals surface area contributed by atoms with Gasteiger partial charge in [-0.1, -0.05) is 73.7 Å². The summed E-state index contributed by atoms with van der Waals surface area (Å²) in [7, 11) is 0. The molecule has 0 spiro atoms. The van der Waals surface area contributed by atoms with Crippen LogP contribution in [0.3, 0.4) is 0 Å². The summed E-state index contributed by atoms with van der Waals surface area (Å²) >= 11 is 0. The lowest BCUT2D eigenvalue weighted by Crippen LogP contribution is -2.66. The molecule has 6 rings (SSSR count). The molecule has 43 heavy (non-hydrogen) atoms. The lowest BCUT2D eigenvalue weighted by atomic mass is 10.00. The number of rotatable bonds is 9. The van der Waals surface area contributed by atoms with Crippen molar-refractivity contribution in [2.24, 2.45) is 0 Å². The molecule has 4 amide bonds. The Morgan fingerprint density at radius 2 is 1.60 bits per heavy atom. The van der Waals surface area contributed by atoms with Gasteiger partial charge in [-0.2, -0.15) is 5.01 Å². The molecule has 3 aliphatic heterocycles. The molecule has 3 aromatic rings. The SMILES string of the molecule is CCCN(C(=O)NCc1ccccc1)N1CC(=O)N2[C@@H](Cc3ccccc3)C(=O)N(Cc3ccc4c(c3)OCCO4)C[C@@H]21.